The molecule has 1 N–H and O–H groups in total. The van der Waals surface area contributed by atoms with E-state index in [1.807, 2.05) is 30.3 Å². The van der Waals surface area contributed by atoms with Gasteiger partial charge in [-0.15, -0.1) is 0 Å². The van der Waals surface area contributed by atoms with E-state index in [0.29, 0.717) is 19.3 Å². The lowest BCUT2D eigenvalue weighted by Crippen LogP contribution is -2.15. The van der Waals surface area contributed by atoms with Gasteiger partial charge in [-0.2, -0.15) is 0 Å². The average Bonchev–Trinajstić information content (AvgIpc) is 3.18. The van der Waals surface area contributed by atoms with Crippen molar-refractivity contribution >= 4 is 11.6 Å². The number of ether oxygens (including phenoxy) is 1. The first kappa shape index (κ1) is 13.7. The molecule has 1 aliphatic carbocycles. The number of hydrogen-bond acceptors (Lipinski definition) is 3. The maximum absolute atomic E-state index is 5.85. The van der Waals surface area contributed by atoms with E-state index in [1.54, 1.807) is 6.26 Å². The van der Waals surface area contributed by atoms with E-state index in [-0.39, 0.29) is 0 Å². The van der Waals surface area contributed by atoms with Crippen LogP contribution in [0.2, 0.25) is 5.02 Å². The Balaban J connectivity index is 1.47. The lowest BCUT2D eigenvalue weighted by atomic mass is 10.2. The van der Waals surface area contributed by atoms with Gasteiger partial charge in [0.25, 0.3) is 0 Å². The molecule has 0 saturated heterocycles. The molecule has 1 heterocycles. The zero-order valence-electron chi connectivity index (χ0n) is 11.3. The van der Waals surface area contributed by atoms with Crippen LogP contribution in [0, 0.1) is 0 Å². The monoisotopic (exact) mass is 291 g/mol. The van der Waals surface area contributed by atoms with Crippen molar-refractivity contribution in [1.29, 1.82) is 0 Å². The molecule has 0 aliphatic heterocycles. The number of furan rings is 1. The second-order valence-corrected chi connectivity index (χ2v) is 5.58. The standard InChI is InChI=1S/C16H18ClNO2/c17-14-3-1-12(2-4-14)10-19-11-16-13(7-8-20-16)9-18-15-5-6-15/h1-4,7-8,15,18H,5-6,9-11H2. The quantitative estimate of drug-likeness (QED) is 0.840. The van der Waals surface area contributed by atoms with Crippen LogP contribution in [-0.2, 0) is 24.5 Å². The second kappa shape index (κ2) is 6.44. The largest absolute Gasteiger partial charge is 0.467 e. The van der Waals surface area contributed by atoms with Gasteiger partial charge in [-0.05, 0) is 36.6 Å². The van der Waals surface area contributed by atoms with Gasteiger partial charge in [0.15, 0.2) is 0 Å². The van der Waals surface area contributed by atoms with Gasteiger partial charge >= 0.3 is 0 Å². The summed E-state index contributed by atoms with van der Waals surface area (Å²) in [6, 6.07) is 10.4. The predicted molar refractivity (Wildman–Crippen MR) is 78.5 cm³/mol. The zero-order chi connectivity index (χ0) is 13.8. The SMILES string of the molecule is Clc1ccc(COCc2occc2CNC2CC2)cc1. The Labute approximate surface area is 123 Å². The highest BCUT2D eigenvalue weighted by molar-refractivity contribution is 6.30. The molecule has 0 atom stereocenters. The molecule has 1 aromatic carbocycles. The van der Waals surface area contributed by atoms with Gasteiger partial charge in [0, 0.05) is 23.2 Å². The summed E-state index contributed by atoms with van der Waals surface area (Å²) >= 11 is 5.85. The molecule has 3 nitrogen and oxygen atoms in total. The van der Waals surface area contributed by atoms with Gasteiger partial charge in [-0.3, -0.25) is 0 Å². The third kappa shape index (κ3) is 3.85. The van der Waals surface area contributed by atoms with Crippen molar-refractivity contribution in [3.8, 4) is 0 Å². The molecular formula is C16H18ClNO2. The van der Waals surface area contributed by atoms with Gasteiger partial charge in [0.1, 0.15) is 12.4 Å². The van der Waals surface area contributed by atoms with Gasteiger partial charge < -0.3 is 14.5 Å². The second-order valence-electron chi connectivity index (χ2n) is 5.14. The van der Waals surface area contributed by atoms with Crippen molar-refractivity contribution in [3.05, 3.63) is 58.5 Å². The van der Waals surface area contributed by atoms with E-state index in [1.165, 1.54) is 18.4 Å². The van der Waals surface area contributed by atoms with Crippen LogP contribution in [0.3, 0.4) is 0 Å². The Kier molecular flexibility index (Phi) is 4.41. The van der Waals surface area contributed by atoms with E-state index >= 15 is 0 Å². The first-order valence-corrected chi connectivity index (χ1v) is 7.30. The van der Waals surface area contributed by atoms with Crippen LogP contribution in [-0.4, -0.2) is 6.04 Å². The van der Waals surface area contributed by atoms with Crippen molar-refractivity contribution in [1.82, 2.24) is 5.32 Å². The maximum Gasteiger partial charge on any atom is 0.133 e. The van der Waals surface area contributed by atoms with Gasteiger partial charge in [-0.1, -0.05) is 23.7 Å². The summed E-state index contributed by atoms with van der Waals surface area (Å²) in [5.74, 6) is 0.909. The minimum atomic E-state index is 0.497. The fourth-order valence-electron chi connectivity index (χ4n) is 2.04. The minimum Gasteiger partial charge on any atom is -0.467 e. The van der Waals surface area contributed by atoms with E-state index in [4.69, 9.17) is 20.8 Å². The molecule has 0 radical (unpaired) electrons. The molecule has 0 bridgehead atoms. The molecule has 0 unspecified atom stereocenters. The van der Waals surface area contributed by atoms with Gasteiger partial charge in [0.2, 0.25) is 0 Å². The normalized spacial score (nSPS) is 14.7. The molecule has 1 aliphatic rings. The van der Waals surface area contributed by atoms with Crippen molar-refractivity contribution in [3.63, 3.8) is 0 Å². The summed E-state index contributed by atoms with van der Waals surface area (Å²) in [6.07, 6.45) is 4.31. The van der Waals surface area contributed by atoms with Crippen molar-refractivity contribution in [2.45, 2.75) is 38.6 Å². The summed E-state index contributed by atoms with van der Waals surface area (Å²) in [7, 11) is 0. The molecule has 4 heteroatoms. The predicted octanol–water partition coefficient (Wildman–Crippen LogP) is 3.90. The van der Waals surface area contributed by atoms with Crippen LogP contribution in [0.5, 0.6) is 0 Å². The van der Waals surface area contributed by atoms with Crippen LogP contribution in [0.25, 0.3) is 0 Å². The number of benzene rings is 1. The minimum absolute atomic E-state index is 0.497. The van der Waals surface area contributed by atoms with Crippen LogP contribution >= 0.6 is 11.6 Å². The Hall–Kier alpha value is -1.29. The number of rotatable bonds is 7. The van der Waals surface area contributed by atoms with E-state index in [2.05, 4.69) is 5.32 Å². The molecule has 2 aromatic rings. The Morgan fingerprint density at radius 2 is 1.95 bits per heavy atom. The smallest absolute Gasteiger partial charge is 0.133 e. The van der Waals surface area contributed by atoms with Crippen LogP contribution in [0.1, 0.15) is 29.7 Å². The number of hydrogen-bond donors (Lipinski definition) is 1. The maximum atomic E-state index is 5.85. The lowest BCUT2D eigenvalue weighted by molar-refractivity contribution is 0.0921. The summed E-state index contributed by atoms with van der Waals surface area (Å²) in [4.78, 5) is 0. The molecule has 3 rings (SSSR count). The summed E-state index contributed by atoms with van der Waals surface area (Å²) in [5.41, 5.74) is 2.30. The van der Waals surface area contributed by atoms with Crippen LogP contribution in [0.15, 0.2) is 41.0 Å². The molecule has 0 spiro atoms. The molecule has 0 amide bonds. The first-order valence-electron chi connectivity index (χ1n) is 6.92. The van der Waals surface area contributed by atoms with Crippen molar-refractivity contribution < 1.29 is 9.15 Å². The van der Waals surface area contributed by atoms with E-state index < -0.39 is 0 Å². The topological polar surface area (TPSA) is 34.4 Å². The summed E-state index contributed by atoms with van der Waals surface area (Å²) in [6.45, 7) is 1.92. The molecule has 106 valence electrons. The first-order chi connectivity index (χ1) is 9.81. The van der Waals surface area contributed by atoms with Crippen LogP contribution in [0.4, 0.5) is 0 Å². The van der Waals surface area contributed by atoms with E-state index in [9.17, 15) is 0 Å². The average molecular weight is 292 g/mol. The summed E-state index contributed by atoms with van der Waals surface area (Å²) in [5, 5.41) is 4.23. The Morgan fingerprint density at radius 1 is 1.15 bits per heavy atom. The summed E-state index contributed by atoms with van der Waals surface area (Å²) < 4.78 is 11.2. The molecule has 1 saturated carbocycles. The number of nitrogens with one attached hydrogen (secondary N) is 1. The van der Waals surface area contributed by atoms with Crippen molar-refractivity contribution in [2.24, 2.45) is 0 Å². The van der Waals surface area contributed by atoms with Gasteiger partial charge in [-0.25, -0.2) is 0 Å². The van der Waals surface area contributed by atoms with Crippen molar-refractivity contribution in [2.75, 3.05) is 0 Å². The lowest BCUT2D eigenvalue weighted by Gasteiger charge is -2.06. The van der Waals surface area contributed by atoms with Crippen LogP contribution < -0.4 is 5.32 Å². The van der Waals surface area contributed by atoms with Gasteiger partial charge in [0.05, 0.1) is 12.9 Å². The number of halogens is 1. The highest BCUT2D eigenvalue weighted by Crippen LogP contribution is 2.20. The van der Waals surface area contributed by atoms with E-state index in [0.717, 1.165) is 22.9 Å². The highest BCUT2D eigenvalue weighted by atomic mass is 35.5. The molecule has 1 fully saturated rings. The molecular weight excluding hydrogens is 274 g/mol. The fraction of sp³-hybridized carbons (Fsp3) is 0.375. The fourth-order valence-corrected chi connectivity index (χ4v) is 2.16. The third-order valence-electron chi connectivity index (χ3n) is 3.41. The molecule has 20 heavy (non-hydrogen) atoms. The highest BCUT2D eigenvalue weighted by Gasteiger charge is 2.20. The zero-order valence-corrected chi connectivity index (χ0v) is 12.0. The third-order valence-corrected chi connectivity index (χ3v) is 3.66. The Morgan fingerprint density at radius 3 is 2.70 bits per heavy atom. The molecule has 1 aromatic heterocycles. The Bertz CT molecular complexity index is 546.